The Labute approximate surface area is 202 Å². The number of thiazole rings is 1. The van der Waals surface area contributed by atoms with Gasteiger partial charge in [-0.25, -0.2) is 8.42 Å². The van der Waals surface area contributed by atoms with E-state index in [1.165, 1.54) is 35.6 Å². The normalized spacial score (nSPS) is 18.0. The van der Waals surface area contributed by atoms with Crippen LogP contribution >= 0.6 is 22.9 Å². The van der Waals surface area contributed by atoms with Crippen LogP contribution in [0.5, 0.6) is 0 Å². The molecule has 2 aromatic carbocycles. The first-order valence-corrected chi connectivity index (χ1v) is 13.6. The van der Waals surface area contributed by atoms with Gasteiger partial charge in [0.25, 0.3) is 5.91 Å². The third kappa shape index (κ3) is 4.84. The van der Waals surface area contributed by atoms with Crippen LogP contribution in [0.25, 0.3) is 10.2 Å². The van der Waals surface area contributed by atoms with E-state index in [1.807, 2.05) is 23.6 Å². The van der Waals surface area contributed by atoms with Crippen LogP contribution in [0, 0.1) is 0 Å². The molecule has 0 saturated carbocycles. The third-order valence-corrected chi connectivity index (χ3v) is 9.15. The van der Waals surface area contributed by atoms with Crippen LogP contribution < -0.4 is 4.80 Å². The molecule has 1 atom stereocenters. The van der Waals surface area contributed by atoms with Crippen LogP contribution in [-0.2, 0) is 16.6 Å². The summed E-state index contributed by atoms with van der Waals surface area (Å²) in [5.41, 5.74) is 1.25. The van der Waals surface area contributed by atoms with Gasteiger partial charge >= 0.3 is 0 Å². The van der Waals surface area contributed by atoms with Gasteiger partial charge in [0.2, 0.25) is 10.0 Å². The zero-order valence-electron chi connectivity index (χ0n) is 18.4. The van der Waals surface area contributed by atoms with Crippen molar-refractivity contribution in [1.29, 1.82) is 0 Å². The quantitative estimate of drug-likeness (QED) is 0.432. The lowest BCUT2D eigenvalue weighted by molar-refractivity contribution is 0.0997. The standard InChI is InChI=1S/C24H26ClN3O3S2/c1-3-14-27-21-13-10-18(25)16-22(21)32-24(27)26-23(29)17-8-11-20(12-9-17)33(30,31)28-15-6-5-7-19(28)4-2/h3,8-13,16,19H,1,4-7,14-15H2,2H3. The third-order valence-electron chi connectivity index (χ3n) is 5.91. The van der Waals surface area contributed by atoms with Gasteiger partial charge in [-0.1, -0.05) is 42.4 Å². The first kappa shape index (κ1) is 23.9. The Morgan fingerprint density at radius 1 is 1.24 bits per heavy atom. The molecule has 6 nitrogen and oxygen atoms in total. The summed E-state index contributed by atoms with van der Waals surface area (Å²) in [6.07, 6.45) is 5.34. The average Bonchev–Trinajstić information content (AvgIpc) is 3.15. The average molecular weight is 504 g/mol. The topological polar surface area (TPSA) is 71.7 Å². The molecular formula is C24H26ClN3O3S2. The summed E-state index contributed by atoms with van der Waals surface area (Å²) >= 11 is 7.48. The predicted molar refractivity (Wildman–Crippen MR) is 133 cm³/mol. The number of allylic oxidation sites excluding steroid dienone is 1. The molecule has 3 aromatic rings. The van der Waals surface area contributed by atoms with Gasteiger partial charge in [-0.2, -0.15) is 9.30 Å². The number of aromatic nitrogens is 1. The van der Waals surface area contributed by atoms with Crippen molar-refractivity contribution in [2.24, 2.45) is 4.99 Å². The molecule has 1 aromatic heterocycles. The van der Waals surface area contributed by atoms with E-state index in [4.69, 9.17) is 11.6 Å². The number of fused-ring (bicyclic) bond motifs is 1. The van der Waals surface area contributed by atoms with E-state index in [1.54, 1.807) is 16.4 Å². The van der Waals surface area contributed by atoms with Crippen LogP contribution in [0.1, 0.15) is 43.0 Å². The molecule has 9 heteroatoms. The Hall–Kier alpha value is -2.26. The fraction of sp³-hybridized carbons (Fsp3) is 0.333. The molecule has 1 fully saturated rings. The van der Waals surface area contributed by atoms with Crippen molar-refractivity contribution in [3.8, 4) is 0 Å². The summed E-state index contributed by atoms with van der Waals surface area (Å²) in [6.45, 7) is 6.84. The second-order valence-electron chi connectivity index (χ2n) is 8.01. The fourth-order valence-electron chi connectivity index (χ4n) is 4.19. The lowest BCUT2D eigenvalue weighted by atomic mass is 10.0. The van der Waals surface area contributed by atoms with Crippen molar-refractivity contribution in [2.75, 3.05) is 6.54 Å². The van der Waals surface area contributed by atoms with Crippen LogP contribution in [0.4, 0.5) is 0 Å². The number of amides is 1. The number of nitrogens with zero attached hydrogens (tertiary/aromatic N) is 3. The minimum absolute atomic E-state index is 0.0295. The van der Waals surface area contributed by atoms with Gasteiger partial charge in [-0.3, -0.25) is 4.79 Å². The van der Waals surface area contributed by atoms with E-state index in [2.05, 4.69) is 11.6 Å². The smallest absolute Gasteiger partial charge is 0.279 e. The van der Waals surface area contributed by atoms with Gasteiger partial charge < -0.3 is 4.57 Å². The van der Waals surface area contributed by atoms with E-state index in [-0.39, 0.29) is 10.9 Å². The molecule has 0 N–H and O–H groups in total. The first-order chi connectivity index (χ1) is 15.8. The molecule has 0 radical (unpaired) electrons. The van der Waals surface area contributed by atoms with Crippen molar-refractivity contribution < 1.29 is 13.2 Å². The van der Waals surface area contributed by atoms with Gasteiger partial charge in [0.05, 0.1) is 15.1 Å². The van der Waals surface area contributed by atoms with E-state index in [0.29, 0.717) is 28.5 Å². The second kappa shape index (κ2) is 9.93. The Morgan fingerprint density at radius 2 is 2.00 bits per heavy atom. The molecule has 1 saturated heterocycles. The number of carbonyl (C=O) groups excluding carboxylic acids is 1. The highest BCUT2D eigenvalue weighted by molar-refractivity contribution is 7.89. The van der Waals surface area contributed by atoms with Crippen LogP contribution in [0.15, 0.2) is 65.0 Å². The maximum absolute atomic E-state index is 13.2. The van der Waals surface area contributed by atoms with Crippen molar-refractivity contribution >= 4 is 49.1 Å². The van der Waals surface area contributed by atoms with Gasteiger partial charge in [0.15, 0.2) is 4.80 Å². The molecule has 2 heterocycles. The summed E-state index contributed by atoms with van der Waals surface area (Å²) < 4.78 is 30.8. The Kier molecular flexibility index (Phi) is 7.19. The largest absolute Gasteiger partial charge is 0.312 e. The SMILES string of the molecule is C=CCn1c(=NC(=O)c2ccc(S(=O)(=O)N3CCCCC3CC)cc2)sc2cc(Cl)ccc21. The van der Waals surface area contributed by atoms with Crippen LogP contribution in [-0.4, -0.2) is 35.8 Å². The Bertz CT molecular complexity index is 1360. The Morgan fingerprint density at radius 3 is 2.70 bits per heavy atom. The number of hydrogen-bond acceptors (Lipinski definition) is 4. The highest BCUT2D eigenvalue weighted by Crippen LogP contribution is 2.27. The number of rotatable bonds is 6. The van der Waals surface area contributed by atoms with Gasteiger partial charge in [-0.05, 0) is 61.7 Å². The van der Waals surface area contributed by atoms with E-state index in [0.717, 1.165) is 35.9 Å². The highest BCUT2D eigenvalue weighted by Gasteiger charge is 2.32. The van der Waals surface area contributed by atoms with Gasteiger partial charge in [-0.15, -0.1) is 6.58 Å². The molecule has 0 aliphatic carbocycles. The number of carbonyl (C=O) groups is 1. The van der Waals surface area contributed by atoms with Gasteiger partial charge in [0, 0.05) is 29.7 Å². The lowest BCUT2D eigenvalue weighted by Gasteiger charge is -2.34. The maximum atomic E-state index is 13.2. The van der Waals surface area contributed by atoms with E-state index in [9.17, 15) is 13.2 Å². The van der Waals surface area contributed by atoms with Crippen molar-refractivity contribution in [3.63, 3.8) is 0 Å². The van der Waals surface area contributed by atoms with Crippen molar-refractivity contribution in [2.45, 2.75) is 50.1 Å². The second-order valence-corrected chi connectivity index (χ2v) is 11.3. The fourth-order valence-corrected chi connectivity index (χ4v) is 7.27. The zero-order valence-corrected chi connectivity index (χ0v) is 20.8. The van der Waals surface area contributed by atoms with Crippen molar-refractivity contribution in [3.05, 3.63) is 70.5 Å². The highest BCUT2D eigenvalue weighted by atomic mass is 35.5. The minimum Gasteiger partial charge on any atom is -0.312 e. The summed E-state index contributed by atoms with van der Waals surface area (Å²) in [5, 5.41) is 0.614. The number of piperidine rings is 1. The van der Waals surface area contributed by atoms with E-state index < -0.39 is 15.9 Å². The number of sulfonamides is 1. The summed E-state index contributed by atoms with van der Waals surface area (Å²) in [5.74, 6) is -0.432. The number of halogens is 1. The van der Waals surface area contributed by atoms with E-state index >= 15 is 0 Å². The predicted octanol–water partition coefficient (Wildman–Crippen LogP) is 5.24. The van der Waals surface area contributed by atoms with Crippen molar-refractivity contribution in [1.82, 2.24) is 8.87 Å². The monoisotopic (exact) mass is 503 g/mol. The zero-order chi connectivity index (χ0) is 23.6. The molecule has 33 heavy (non-hydrogen) atoms. The summed E-state index contributed by atoms with van der Waals surface area (Å²) in [7, 11) is -3.59. The Balaban J connectivity index is 1.65. The molecule has 4 rings (SSSR count). The van der Waals surface area contributed by atoms with Gasteiger partial charge in [0.1, 0.15) is 0 Å². The summed E-state index contributed by atoms with van der Waals surface area (Å²) in [4.78, 5) is 17.9. The molecule has 1 aliphatic rings. The minimum atomic E-state index is -3.59. The molecule has 1 aliphatic heterocycles. The number of hydrogen-bond donors (Lipinski definition) is 0. The maximum Gasteiger partial charge on any atom is 0.279 e. The molecular weight excluding hydrogens is 478 g/mol. The number of benzene rings is 2. The van der Waals surface area contributed by atoms with Crippen LogP contribution in [0.3, 0.4) is 0 Å². The summed E-state index contributed by atoms with van der Waals surface area (Å²) in [6, 6.07) is 11.6. The molecule has 1 amide bonds. The first-order valence-electron chi connectivity index (χ1n) is 11.0. The molecule has 0 bridgehead atoms. The lowest BCUT2D eigenvalue weighted by Crippen LogP contribution is -2.43. The molecule has 174 valence electrons. The molecule has 1 unspecified atom stereocenters. The van der Waals surface area contributed by atoms with Crippen LogP contribution in [0.2, 0.25) is 5.02 Å². The molecule has 0 spiro atoms.